The lowest BCUT2D eigenvalue weighted by atomic mass is 10.0. The van der Waals surface area contributed by atoms with Gasteiger partial charge in [-0.25, -0.2) is 0 Å². The van der Waals surface area contributed by atoms with Gasteiger partial charge in [0, 0.05) is 12.3 Å². The Balaban J connectivity index is 2.66. The molecule has 20 heavy (non-hydrogen) atoms. The molecule has 0 N–H and O–H groups in total. The monoisotopic (exact) mass is 282 g/mol. The first kappa shape index (κ1) is 14.4. The highest BCUT2D eigenvalue weighted by molar-refractivity contribution is 6.83. The van der Waals surface area contributed by atoms with E-state index in [9.17, 15) is 4.79 Å². The molecule has 0 unspecified atom stereocenters. The van der Waals surface area contributed by atoms with Crippen LogP contribution in [-0.4, -0.2) is 14.0 Å². The summed E-state index contributed by atoms with van der Waals surface area (Å²) in [6, 6.07) is 11.8. The standard InChI is InChI=1S/C17H18O2Si/c1-13(18)19-17-10-9-14-7-5-6-8-15(14)16(17)11-12-20(2,3)4/h5-10H,1-4H3. The molecule has 0 atom stereocenters. The summed E-state index contributed by atoms with van der Waals surface area (Å²) in [6.45, 7) is 7.98. The Bertz CT molecular complexity index is 715. The minimum absolute atomic E-state index is 0.323. The van der Waals surface area contributed by atoms with E-state index in [0.29, 0.717) is 5.75 Å². The normalized spacial score (nSPS) is 10.8. The van der Waals surface area contributed by atoms with Gasteiger partial charge in [-0.1, -0.05) is 55.9 Å². The number of hydrogen-bond acceptors (Lipinski definition) is 2. The van der Waals surface area contributed by atoms with Gasteiger partial charge in [0.1, 0.15) is 13.8 Å². The predicted molar refractivity (Wildman–Crippen MR) is 85.5 cm³/mol. The minimum atomic E-state index is -1.49. The van der Waals surface area contributed by atoms with Crippen LogP contribution in [0.5, 0.6) is 5.75 Å². The quantitative estimate of drug-likeness (QED) is 0.342. The maximum absolute atomic E-state index is 11.2. The zero-order valence-corrected chi connectivity index (χ0v) is 13.3. The van der Waals surface area contributed by atoms with Crippen molar-refractivity contribution in [1.29, 1.82) is 0 Å². The Kier molecular flexibility index (Phi) is 3.96. The van der Waals surface area contributed by atoms with Crippen LogP contribution in [0, 0.1) is 11.5 Å². The summed E-state index contributed by atoms with van der Waals surface area (Å²) in [4.78, 5) is 11.2. The van der Waals surface area contributed by atoms with Crippen molar-refractivity contribution < 1.29 is 9.53 Å². The number of carbonyl (C=O) groups is 1. The molecular weight excluding hydrogens is 264 g/mol. The summed E-state index contributed by atoms with van der Waals surface area (Å²) < 4.78 is 5.29. The molecule has 0 radical (unpaired) electrons. The van der Waals surface area contributed by atoms with Gasteiger partial charge < -0.3 is 4.74 Å². The molecule has 2 aromatic rings. The first-order valence-electron chi connectivity index (χ1n) is 6.60. The maximum atomic E-state index is 11.2. The summed E-state index contributed by atoms with van der Waals surface area (Å²) in [7, 11) is -1.49. The van der Waals surface area contributed by atoms with Crippen molar-refractivity contribution in [2.45, 2.75) is 26.6 Å². The van der Waals surface area contributed by atoms with E-state index >= 15 is 0 Å². The van der Waals surface area contributed by atoms with Crippen LogP contribution in [0.25, 0.3) is 10.8 Å². The van der Waals surface area contributed by atoms with E-state index in [1.165, 1.54) is 6.92 Å². The Morgan fingerprint density at radius 1 is 1.10 bits per heavy atom. The molecule has 2 nitrogen and oxygen atoms in total. The van der Waals surface area contributed by atoms with Gasteiger partial charge in [-0.3, -0.25) is 4.79 Å². The molecule has 0 aliphatic rings. The van der Waals surface area contributed by atoms with Crippen molar-refractivity contribution in [1.82, 2.24) is 0 Å². The number of ether oxygens (including phenoxy) is 1. The molecule has 0 heterocycles. The van der Waals surface area contributed by atoms with E-state index in [-0.39, 0.29) is 5.97 Å². The van der Waals surface area contributed by atoms with Crippen molar-refractivity contribution in [3.05, 3.63) is 42.0 Å². The zero-order valence-electron chi connectivity index (χ0n) is 12.3. The second-order valence-corrected chi connectivity index (χ2v) is 10.5. The van der Waals surface area contributed by atoms with Gasteiger partial charge in [-0.2, -0.15) is 0 Å². The van der Waals surface area contributed by atoms with E-state index in [0.717, 1.165) is 16.3 Å². The van der Waals surface area contributed by atoms with Crippen LogP contribution in [0.3, 0.4) is 0 Å². The largest absolute Gasteiger partial charge is 0.425 e. The van der Waals surface area contributed by atoms with E-state index in [1.807, 2.05) is 36.4 Å². The van der Waals surface area contributed by atoms with Gasteiger partial charge in [0.15, 0.2) is 0 Å². The van der Waals surface area contributed by atoms with Crippen LogP contribution in [-0.2, 0) is 4.79 Å². The molecule has 0 spiro atoms. The van der Waals surface area contributed by atoms with Gasteiger partial charge in [-0.15, -0.1) is 5.54 Å². The van der Waals surface area contributed by atoms with Gasteiger partial charge >= 0.3 is 5.97 Å². The summed E-state index contributed by atoms with van der Waals surface area (Å²) in [6.07, 6.45) is 0. The highest BCUT2D eigenvalue weighted by Crippen LogP contribution is 2.27. The Morgan fingerprint density at radius 3 is 2.45 bits per heavy atom. The lowest BCUT2D eigenvalue weighted by Crippen LogP contribution is -2.16. The summed E-state index contributed by atoms with van der Waals surface area (Å²) >= 11 is 0. The molecule has 0 aromatic heterocycles. The summed E-state index contributed by atoms with van der Waals surface area (Å²) in [5.41, 5.74) is 4.15. The third-order valence-electron chi connectivity index (χ3n) is 2.71. The molecule has 0 aliphatic carbocycles. The maximum Gasteiger partial charge on any atom is 0.308 e. The zero-order chi connectivity index (χ0) is 14.8. The van der Waals surface area contributed by atoms with Gasteiger partial charge in [-0.05, 0) is 11.5 Å². The van der Waals surface area contributed by atoms with Crippen molar-refractivity contribution in [2.75, 3.05) is 0 Å². The van der Waals surface area contributed by atoms with Crippen molar-refractivity contribution in [3.8, 4) is 17.2 Å². The van der Waals surface area contributed by atoms with E-state index in [1.54, 1.807) is 0 Å². The van der Waals surface area contributed by atoms with Crippen LogP contribution in [0.4, 0.5) is 0 Å². The molecule has 0 aliphatic heterocycles. The van der Waals surface area contributed by atoms with Crippen LogP contribution in [0.15, 0.2) is 36.4 Å². The first-order chi connectivity index (χ1) is 9.37. The van der Waals surface area contributed by atoms with Crippen LogP contribution in [0.1, 0.15) is 12.5 Å². The SMILES string of the molecule is CC(=O)Oc1ccc2ccccc2c1C#C[Si](C)(C)C. The fraction of sp³-hybridized carbons (Fsp3) is 0.235. The molecule has 0 saturated carbocycles. The fourth-order valence-electron chi connectivity index (χ4n) is 1.87. The number of rotatable bonds is 1. The highest BCUT2D eigenvalue weighted by atomic mass is 28.3. The smallest absolute Gasteiger partial charge is 0.308 e. The topological polar surface area (TPSA) is 26.3 Å². The third kappa shape index (κ3) is 3.49. The number of fused-ring (bicyclic) bond motifs is 1. The predicted octanol–water partition coefficient (Wildman–Crippen LogP) is 3.99. The molecule has 102 valence electrons. The third-order valence-corrected chi connectivity index (χ3v) is 3.58. The van der Waals surface area contributed by atoms with E-state index in [2.05, 4.69) is 31.1 Å². The lowest BCUT2D eigenvalue weighted by molar-refractivity contribution is -0.131. The summed E-state index contributed by atoms with van der Waals surface area (Å²) in [5, 5.41) is 2.13. The highest BCUT2D eigenvalue weighted by Gasteiger charge is 2.11. The van der Waals surface area contributed by atoms with Crippen molar-refractivity contribution in [3.63, 3.8) is 0 Å². The molecule has 0 fully saturated rings. The number of esters is 1. The molecule has 0 saturated heterocycles. The minimum Gasteiger partial charge on any atom is -0.425 e. The first-order valence-corrected chi connectivity index (χ1v) is 10.1. The molecule has 0 amide bonds. The Morgan fingerprint density at radius 2 is 1.80 bits per heavy atom. The van der Waals surface area contributed by atoms with E-state index < -0.39 is 8.07 Å². The van der Waals surface area contributed by atoms with Gasteiger partial charge in [0.25, 0.3) is 0 Å². The second kappa shape index (κ2) is 5.52. The number of hydrogen-bond donors (Lipinski definition) is 0. The second-order valence-electron chi connectivity index (χ2n) is 5.75. The van der Waals surface area contributed by atoms with E-state index in [4.69, 9.17) is 4.74 Å². The lowest BCUT2D eigenvalue weighted by Gasteiger charge is -2.09. The average molecular weight is 282 g/mol. The van der Waals surface area contributed by atoms with Crippen molar-refractivity contribution >= 4 is 24.8 Å². The number of carbonyl (C=O) groups excluding carboxylic acids is 1. The Labute approximate surface area is 120 Å². The van der Waals surface area contributed by atoms with Gasteiger partial charge in [0.05, 0.1) is 5.56 Å². The van der Waals surface area contributed by atoms with Crippen molar-refractivity contribution in [2.24, 2.45) is 0 Å². The fourth-order valence-corrected chi connectivity index (χ4v) is 2.37. The number of benzene rings is 2. The average Bonchev–Trinajstić information content (AvgIpc) is 2.35. The van der Waals surface area contributed by atoms with Crippen LogP contribution < -0.4 is 4.74 Å². The van der Waals surface area contributed by atoms with Crippen LogP contribution in [0.2, 0.25) is 19.6 Å². The summed E-state index contributed by atoms with van der Waals surface area (Å²) in [5.74, 6) is 3.46. The molecule has 2 rings (SSSR count). The molecule has 0 bridgehead atoms. The Hall–Kier alpha value is -2.05. The van der Waals surface area contributed by atoms with Crippen LogP contribution >= 0.6 is 0 Å². The molecule has 3 heteroatoms. The molecule has 2 aromatic carbocycles. The van der Waals surface area contributed by atoms with Gasteiger partial charge in [0.2, 0.25) is 0 Å². The molecular formula is C17H18O2Si.